The lowest BCUT2D eigenvalue weighted by Crippen LogP contribution is -2.14. The molecule has 0 atom stereocenters. The van der Waals surface area contributed by atoms with Crippen LogP contribution in [-0.4, -0.2) is 30.9 Å². The zero-order valence-corrected chi connectivity index (χ0v) is 22.7. The molecule has 0 spiro atoms. The molecule has 0 saturated carbocycles. The molecule has 190 valence electrons. The number of fused-ring (bicyclic) bond motifs is 1. The highest BCUT2D eigenvalue weighted by Crippen LogP contribution is 2.42. The van der Waals surface area contributed by atoms with Gasteiger partial charge in [-0.3, -0.25) is 10.1 Å². The van der Waals surface area contributed by atoms with Crippen LogP contribution in [0, 0.1) is 11.3 Å². The molecule has 0 saturated heterocycles. The minimum atomic E-state index is -0.319. The number of carbonyl (C=O) groups is 1. The summed E-state index contributed by atoms with van der Waals surface area (Å²) in [5, 5.41) is 13.5. The van der Waals surface area contributed by atoms with Gasteiger partial charge in [-0.15, -0.1) is 11.3 Å². The Bertz CT molecular complexity index is 1660. The van der Waals surface area contributed by atoms with Gasteiger partial charge in [0.25, 0.3) is 0 Å². The number of amides is 1. The molecule has 38 heavy (non-hydrogen) atoms. The molecule has 0 fully saturated rings. The number of anilines is 1. The Hall–Kier alpha value is -3.97. The van der Waals surface area contributed by atoms with E-state index in [2.05, 4.69) is 16.4 Å². The Morgan fingerprint density at radius 3 is 2.34 bits per heavy atom. The van der Waals surface area contributed by atoms with E-state index in [0.29, 0.717) is 27.8 Å². The Labute approximate surface area is 232 Å². The van der Waals surface area contributed by atoms with Gasteiger partial charge >= 0.3 is 0 Å². The second-order valence-corrected chi connectivity index (χ2v) is 10.7. The van der Waals surface area contributed by atoms with Gasteiger partial charge in [-0.25, -0.2) is 4.98 Å². The van der Waals surface area contributed by atoms with Crippen LogP contribution in [0.3, 0.4) is 0 Å². The van der Waals surface area contributed by atoms with Crippen molar-refractivity contribution >= 4 is 56.7 Å². The number of halogens is 1. The van der Waals surface area contributed by atoms with Gasteiger partial charge in [0.05, 0.1) is 30.2 Å². The van der Waals surface area contributed by atoms with E-state index >= 15 is 0 Å². The quantitative estimate of drug-likeness (QED) is 0.196. The number of ether oxygens (including phenoxy) is 2. The summed E-state index contributed by atoms with van der Waals surface area (Å²) in [5.41, 5.74) is 3.08. The molecule has 5 aromatic rings. The molecule has 0 bridgehead atoms. The number of aromatic nitrogens is 1. The van der Waals surface area contributed by atoms with Crippen molar-refractivity contribution in [2.24, 2.45) is 0 Å². The number of hydrogen-bond donors (Lipinski definition) is 1. The lowest BCUT2D eigenvalue weighted by molar-refractivity contribution is -0.113. The first kappa shape index (κ1) is 25.7. The molecule has 10 heteroatoms. The van der Waals surface area contributed by atoms with Crippen LogP contribution in [-0.2, 0) is 4.79 Å². The molecular weight excluding hydrogens is 542 g/mol. The number of thiazole rings is 1. The van der Waals surface area contributed by atoms with Crippen molar-refractivity contribution in [2.75, 3.05) is 25.3 Å². The molecule has 2 heterocycles. The number of rotatable bonds is 8. The highest BCUT2D eigenvalue weighted by atomic mass is 35.5. The predicted molar refractivity (Wildman–Crippen MR) is 151 cm³/mol. The maximum Gasteiger partial charge on any atom is 0.237 e. The summed E-state index contributed by atoms with van der Waals surface area (Å²) in [7, 11) is 3.18. The largest absolute Gasteiger partial charge is 0.497 e. The Kier molecular flexibility index (Phi) is 7.56. The van der Waals surface area contributed by atoms with E-state index < -0.39 is 0 Å². The monoisotopic (exact) mass is 561 g/mol. The summed E-state index contributed by atoms with van der Waals surface area (Å²) in [4.78, 5) is 17.4. The molecule has 7 nitrogen and oxygen atoms in total. The fourth-order valence-corrected chi connectivity index (χ4v) is 5.85. The predicted octanol–water partition coefficient (Wildman–Crippen LogP) is 7.50. The van der Waals surface area contributed by atoms with Gasteiger partial charge in [-0.1, -0.05) is 35.5 Å². The first-order valence-electron chi connectivity index (χ1n) is 11.3. The second-order valence-electron chi connectivity index (χ2n) is 8.01. The minimum absolute atomic E-state index is 0.0887. The van der Waals surface area contributed by atoms with E-state index in [0.717, 1.165) is 25.7 Å². The normalized spacial score (nSPS) is 10.8. The highest BCUT2D eigenvalue weighted by molar-refractivity contribution is 8.01. The van der Waals surface area contributed by atoms with Gasteiger partial charge in [-0.05, 0) is 60.2 Å². The number of hydrogen-bond acceptors (Lipinski definition) is 8. The average molecular weight is 562 g/mol. The fraction of sp³-hybridized carbons (Fsp3) is 0.107. The van der Waals surface area contributed by atoms with E-state index in [9.17, 15) is 10.1 Å². The van der Waals surface area contributed by atoms with Crippen molar-refractivity contribution in [3.05, 3.63) is 77.3 Å². The van der Waals surface area contributed by atoms with Crippen LogP contribution >= 0.6 is 34.7 Å². The van der Waals surface area contributed by atoms with Crippen molar-refractivity contribution in [1.29, 1.82) is 5.26 Å². The fourth-order valence-electron chi connectivity index (χ4n) is 3.84. The van der Waals surface area contributed by atoms with E-state index in [1.165, 1.54) is 23.1 Å². The van der Waals surface area contributed by atoms with E-state index in [1.54, 1.807) is 32.4 Å². The topological polar surface area (TPSA) is 97.4 Å². The molecule has 2 aromatic heterocycles. The van der Waals surface area contributed by atoms with Crippen molar-refractivity contribution in [2.45, 2.75) is 4.34 Å². The van der Waals surface area contributed by atoms with Crippen LogP contribution in [0.5, 0.6) is 11.5 Å². The van der Waals surface area contributed by atoms with Crippen LogP contribution in [0.1, 0.15) is 5.56 Å². The first-order chi connectivity index (χ1) is 18.5. The Morgan fingerprint density at radius 2 is 1.71 bits per heavy atom. The molecule has 1 N–H and O–H groups in total. The zero-order chi connectivity index (χ0) is 26.6. The summed E-state index contributed by atoms with van der Waals surface area (Å²) >= 11 is 8.84. The maximum atomic E-state index is 12.9. The van der Waals surface area contributed by atoms with Crippen LogP contribution in [0.15, 0.2) is 75.5 Å². The van der Waals surface area contributed by atoms with Gasteiger partial charge < -0.3 is 13.9 Å². The third-order valence-corrected chi connectivity index (χ3v) is 8.08. The minimum Gasteiger partial charge on any atom is -0.497 e. The number of carbonyl (C=O) groups excluding carboxylic acids is 1. The molecule has 1 amide bonds. The number of furan rings is 1. The lowest BCUT2D eigenvalue weighted by atomic mass is 9.98. The van der Waals surface area contributed by atoms with Gasteiger partial charge in [0.1, 0.15) is 28.9 Å². The summed E-state index contributed by atoms with van der Waals surface area (Å²) in [6, 6.07) is 22.3. The highest BCUT2D eigenvalue weighted by Gasteiger charge is 2.24. The number of nitrogens with zero attached hydrogens (tertiary/aromatic N) is 2. The molecule has 0 unspecified atom stereocenters. The third-order valence-electron chi connectivity index (χ3n) is 5.66. The standard InChI is InChI=1S/C28H20ClN3O4S2/c1-34-19-8-3-16(4-9-19)25-21(14-30)27(36-26(25)17-5-10-20(35-2)11-6-17)32-24(33)15-37-28-31-22-13-18(29)7-12-23(22)38-28/h3-13H,15H2,1-2H3,(H,32,33). The molecule has 5 rings (SSSR count). The molecular formula is C28H20ClN3O4S2. The number of benzene rings is 3. The molecule has 0 radical (unpaired) electrons. The molecule has 0 aliphatic carbocycles. The van der Waals surface area contributed by atoms with Crippen molar-refractivity contribution < 1.29 is 18.7 Å². The van der Waals surface area contributed by atoms with Crippen molar-refractivity contribution in [3.8, 4) is 40.0 Å². The van der Waals surface area contributed by atoms with Gasteiger partial charge in [0.15, 0.2) is 4.34 Å². The van der Waals surface area contributed by atoms with Crippen molar-refractivity contribution in [3.63, 3.8) is 0 Å². The Balaban J connectivity index is 1.44. The van der Waals surface area contributed by atoms with Crippen LogP contribution in [0.25, 0.3) is 32.7 Å². The van der Waals surface area contributed by atoms with E-state index in [-0.39, 0.29) is 23.1 Å². The number of thioether (sulfide) groups is 1. The molecule has 0 aliphatic heterocycles. The van der Waals surface area contributed by atoms with Crippen LogP contribution < -0.4 is 14.8 Å². The number of nitriles is 1. The van der Waals surface area contributed by atoms with Crippen molar-refractivity contribution in [1.82, 2.24) is 4.98 Å². The van der Waals surface area contributed by atoms with Crippen LogP contribution in [0.4, 0.5) is 5.88 Å². The molecule has 0 aliphatic rings. The van der Waals surface area contributed by atoms with E-state index in [4.69, 9.17) is 25.5 Å². The number of nitrogens with one attached hydrogen (secondary N) is 1. The van der Waals surface area contributed by atoms with E-state index in [1.807, 2.05) is 48.5 Å². The summed E-state index contributed by atoms with van der Waals surface area (Å²) in [6.07, 6.45) is 0. The first-order valence-corrected chi connectivity index (χ1v) is 13.5. The van der Waals surface area contributed by atoms with Crippen LogP contribution in [0.2, 0.25) is 5.02 Å². The average Bonchev–Trinajstić information content (AvgIpc) is 3.52. The second kappa shape index (κ2) is 11.2. The van der Waals surface area contributed by atoms with Gasteiger partial charge in [-0.2, -0.15) is 5.26 Å². The van der Waals surface area contributed by atoms with Gasteiger partial charge in [0, 0.05) is 16.1 Å². The summed E-state index contributed by atoms with van der Waals surface area (Å²) in [5.74, 6) is 1.69. The zero-order valence-electron chi connectivity index (χ0n) is 20.3. The summed E-state index contributed by atoms with van der Waals surface area (Å²) in [6.45, 7) is 0. The lowest BCUT2D eigenvalue weighted by Gasteiger charge is -2.06. The van der Waals surface area contributed by atoms with Gasteiger partial charge in [0.2, 0.25) is 11.8 Å². The summed E-state index contributed by atoms with van der Waals surface area (Å²) < 4.78 is 18.4. The maximum absolute atomic E-state index is 12.9. The smallest absolute Gasteiger partial charge is 0.237 e. The molecule has 3 aromatic carbocycles. The number of methoxy groups -OCH3 is 2. The third kappa shape index (κ3) is 5.34. The Morgan fingerprint density at radius 1 is 1.05 bits per heavy atom. The SMILES string of the molecule is COc1ccc(-c2oc(NC(=O)CSc3nc4cc(Cl)ccc4s3)c(C#N)c2-c2ccc(OC)cc2)cc1.